The number of aromatic nitrogens is 6. The van der Waals surface area contributed by atoms with Gasteiger partial charge < -0.3 is 5.32 Å². The number of aryl methyl sites for hydroxylation is 1. The molecule has 1 aromatic carbocycles. The van der Waals surface area contributed by atoms with Crippen LogP contribution in [0.3, 0.4) is 0 Å². The number of para-hydroxylation sites is 1. The number of rotatable bonds is 6. The molecule has 9 heteroatoms. The molecule has 9 nitrogen and oxygen atoms in total. The number of nitrogens with zero attached hydrogens (tertiary/aromatic N) is 6. The van der Waals surface area contributed by atoms with Crippen LogP contribution in [0.1, 0.15) is 17.0 Å². The van der Waals surface area contributed by atoms with Gasteiger partial charge in [0.1, 0.15) is 0 Å². The van der Waals surface area contributed by atoms with Crippen molar-refractivity contribution >= 4 is 5.91 Å². The molecule has 0 unspecified atom stereocenters. The van der Waals surface area contributed by atoms with Gasteiger partial charge in [-0.05, 0) is 29.8 Å². The molecule has 3 rings (SSSR count). The molecule has 122 valence electrons. The summed E-state index contributed by atoms with van der Waals surface area (Å²) in [5.41, 5.74) is 0.551. The van der Waals surface area contributed by atoms with E-state index in [0.717, 1.165) is 5.69 Å². The second-order valence-electron chi connectivity index (χ2n) is 4.93. The van der Waals surface area contributed by atoms with Crippen LogP contribution in [-0.2, 0) is 6.54 Å². The lowest BCUT2D eigenvalue weighted by molar-refractivity contribution is 0.0942. The molecule has 0 fully saturated rings. The van der Waals surface area contributed by atoms with Crippen molar-refractivity contribution in [3.8, 4) is 5.69 Å². The van der Waals surface area contributed by atoms with E-state index >= 15 is 0 Å². The average Bonchev–Trinajstić information content (AvgIpc) is 3.11. The highest BCUT2D eigenvalue weighted by Crippen LogP contribution is 2.02. The fourth-order valence-corrected chi connectivity index (χ4v) is 2.04. The van der Waals surface area contributed by atoms with E-state index in [0.29, 0.717) is 19.5 Å². The van der Waals surface area contributed by atoms with E-state index in [9.17, 15) is 9.59 Å². The summed E-state index contributed by atoms with van der Waals surface area (Å²) in [5, 5.41) is 18.3. The minimum atomic E-state index is -0.412. The average molecular weight is 325 g/mol. The van der Waals surface area contributed by atoms with E-state index in [1.165, 1.54) is 15.5 Å². The Labute approximate surface area is 136 Å². The van der Waals surface area contributed by atoms with E-state index < -0.39 is 5.91 Å². The number of carbonyl (C=O) groups excluding carboxylic acids is 1. The van der Waals surface area contributed by atoms with Crippen molar-refractivity contribution in [1.82, 2.24) is 35.3 Å². The second kappa shape index (κ2) is 7.27. The number of hydrogen-bond acceptors (Lipinski definition) is 6. The molecule has 0 bridgehead atoms. The van der Waals surface area contributed by atoms with Gasteiger partial charge in [-0.2, -0.15) is 5.10 Å². The number of nitrogens with one attached hydrogen (secondary N) is 1. The minimum Gasteiger partial charge on any atom is -0.349 e. The molecule has 0 aliphatic rings. The van der Waals surface area contributed by atoms with Gasteiger partial charge in [-0.1, -0.05) is 18.2 Å². The largest absolute Gasteiger partial charge is 0.349 e. The molecule has 2 aromatic heterocycles. The summed E-state index contributed by atoms with van der Waals surface area (Å²) in [7, 11) is 0. The van der Waals surface area contributed by atoms with E-state index in [1.54, 1.807) is 12.3 Å². The summed E-state index contributed by atoms with van der Waals surface area (Å²) in [6.07, 6.45) is 2.11. The van der Waals surface area contributed by atoms with Crippen molar-refractivity contribution in [3.63, 3.8) is 0 Å². The predicted molar refractivity (Wildman–Crippen MR) is 84.6 cm³/mol. The molecule has 0 spiro atoms. The van der Waals surface area contributed by atoms with Gasteiger partial charge in [-0.15, -0.1) is 15.0 Å². The molecule has 2 heterocycles. The first kappa shape index (κ1) is 15.5. The van der Waals surface area contributed by atoms with Crippen LogP contribution >= 0.6 is 0 Å². The van der Waals surface area contributed by atoms with Crippen LogP contribution in [0, 0.1) is 0 Å². The Morgan fingerprint density at radius 1 is 1.12 bits per heavy atom. The Bertz CT molecular complexity index is 873. The zero-order valence-corrected chi connectivity index (χ0v) is 12.7. The number of benzene rings is 1. The zero-order chi connectivity index (χ0) is 16.8. The molecule has 24 heavy (non-hydrogen) atoms. The lowest BCUT2D eigenvalue weighted by Crippen LogP contribution is -2.28. The summed E-state index contributed by atoms with van der Waals surface area (Å²) in [6.45, 7) is 0.797. The maximum atomic E-state index is 12.0. The number of carbonyl (C=O) groups is 1. The van der Waals surface area contributed by atoms with Gasteiger partial charge in [0.2, 0.25) is 0 Å². The Balaban J connectivity index is 1.52. The van der Waals surface area contributed by atoms with Crippen LogP contribution in [0.15, 0.2) is 53.5 Å². The van der Waals surface area contributed by atoms with Crippen LogP contribution in [0.5, 0.6) is 0 Å². The molecular formula is C15H15N7O2. The van der Waals surface area contributed by atoms with Gasteiger partial charge in [0.15, 0.2) is 0 Å². The first-order valence-electron chi connectivity index (χ1n) is 7.40. The SMILES string of the molecule is O=C(NCCCn1ncccc1=O)c1nnn(-c2ccccc2)n1. The van der Waals surface area contributed by atoms with Gasteiger partial charge in [0.05, 0.1) is 5.69 Å². The molecule has 1 amide bonds. The maximum Gasteiger partial charge on any atom is 0.292 e. The van der Waals surface area contributed by atoms with Gasteiger partial charge in [-0.3, -0.25) is 9.59 Å². The Hall–Kier alpha value is -3.36. The predicted octanol–water partition coefficient (Wildman–Crippen LogP) is 0.0391. The summed E-state index contributed by atoms with van der Waals surface area (Å²) < 4.78 is 1.34. The van der Waals surface area contributed by atoms with Crippen molar-refractivity contribution in [2.45, 2.75) is 13.0 Å². The second-order valence-corrected chi connectivity index (χ2v) is 4.93. The van der Waals surface area contributed by atoms with Gasteiger partial charge in [0, 0.05) is 25.4 Å². The van der Waals surface area contributed by atoms with Crippen LogP contribution in [0.4, 0.5) is 0 Å². The molecular weight excluding hydrogens is 310 g/mol. The fraction of sp³-hybridized carbons (Fsp3) is 0.200. The van der Waals surface area contributed by atoms with Crippen LogP contribution in [-0.4, -0.2) is 42.4 Å². The number of tetrazole rings is 1. The van der Waals surface area contributed by atoms with Crippen LogP contribution < -0.4 is 10.9 Å². The summed E-state index contributed by atoms with van der Waals surface area (Å²) in [4.78, 5) is 24.8. The lowest BCUT2D eigenvalue weighted by atomic mass is 10.3. The van der Waals surface area contributed by atoms with Crippen LogP contribution in [0.2, 0.25) is 0 Å². The lowest BCUT2D eigenvalue weighted by Gasteiger charge is -2.04. The summed E-state index contributed by atoms with van der Waals surface area (Å²) in [6, 6.07) is 12.2. The van der Waals surface area contributed by atoms with Gasteiger partial charge >= 0.3 is 0 Å². The first-order valence-corrected chi connectivity index (χ1v) is 7.40. The number of amides is 1. The highest BCUT2D eigenvalue weighted by Gasteiger charge is 2.12. The Morgan fingerprint density at radius 3 is 2.75 bits per heavy atom. The Kier molecular flexibility index (Phi) is 4.70. The molecule has 0 atom stereocenters. The van der Waals surface area contributed by atoms with E-state index in [1.807, 2.05) is 30.3 Å². The van der Waals surface area contributed by atoms with Crippen molar-refractivity contribution < 1.29 is 4.79 Å². The third-order valence-electron chi connectivity index (χ3n) is 3.22. The van der Waals surface area contributed by atoms with Crippen molar-refractivity contribution in [1.29, 1.82) is 0 Å². The van der Waals surface area contributed by atoms with Gasteiger partial charge in [-0.25, -0.2) is 4.68 Å². The fourth-order valence-electron chi connectivity index (χ4n) is 2.04. The summed E-state index contributed by atoms with van der Waals surface area (Å²) >= 11 is 0. The van der Waals surface area contributed by atoms with Crippen molar-refractivity contribution in [2.24, 2.45) is 0 Å². The van der Waals surface area contributed by atoms with Crippen LogP contribution in [0.25, 0.3) is 5.69 Å². The highest BCUT2D eigenvalue weighted by molar-refractivity contribution is 5.90. The molecule has 0 aliphatic carbocycles. The first-order chi connectivity index (χ1) is 11.7. The molecule has 1 N–H and O–H groups in total. The quantitative estimate of drug-likeness (QED) is 0.641. The third-order valence-corrected chi connectivity index (χ3v) is 3.22. The van der Waals surface area contributed by atoms with Crippen molar-refractivity contribution in [2.75, 3.05) is 6.54 Å². The third kappa shape index (κ3) is 3.69. The monoisotopic (exact) mass is 325 g/mol. The van der Waals surface area contributed by atoms with Crippen molar-refractivity contribution in [3.05, 3.63) is 64.8 Å². The van der Waals surface area contributed by atoms with E-state index in [2.05, 4.69) is 25.8 Å². The standard InChI is InChI=1S/C15H15N7O2/c23-13-8-4-10-17-21(13)11-5-9-16-15(24)14-18-20-22(19-14)12-6-2-1-3-7-12/h1-4,6-8,10H,5,9,11H2,(H,16,24). The van der Waals surface area contributed by atoms with E-state index in [4.69, 9.17) is 0 Å². The normalized spacial score (nSPS) is 10.5. The molecule has 0 saturated carbocycles. The highest BCUT2D eigenvalue weighted by atomic mass is 16.2. The molecule has 0 radical (unpaired) electrons. The molecule has 0 aliphatic heterocycles. The molecule has 3 aromatic rings. The van der Waals surface area contributed by atoms with Gasteiger partial charge in [0.25, 0.3) is 17.3 Å². The number of hydrogen-bond donors (Lipinski definition) is 1. The Morgan fingerprint density at radius 2 is 1.96 bits per heavy atom. The molecule has 0 saturated heterocycles. The summed E-state index contributed by atoms with van der Waals surface area (Å²) in [5.74, 6) is -0.417. The minimum absolute atomic E-state index is 0.00569. The smallest absolute Gasteiger partial charge is 0.292 e. The maximum absolute atomic E-state index is 12.0. The topological polar surface area (TPSA) is 108 Å². The zero-order valence-electron chi connectivity index (χ0n) is 12.7. The van der Waals surface area contributed by atoms with E-state index in [-0.39, 0.29) is 11.4 Å².